The second-order valence-electron chi connectivity index (χ2n) is 6.33. The summed E-state index contributed by atoms with van der Waals surface area (Å²) in [5, 5.41) is 27.8. The first-order valence-corrected chi connectivity index (χ1v) is 9.91. The zero-order chi connectivity index (χ0) is 24.6. The van der Waals surface area contributed by atoms with Crippen molar-refractivity contribution in [3.8, 4) is 23.1 Å². The minimum absolute atomic E-state index is 0.00232. The highest BCUT2D eigenvalue weighted by Gasteiger charge is 2.28. The molecular weight excluding hydrogens is 511 g/mol. The lowest BCUT2D eigenvalue weighted by atomic mass is 10.1. The second kappa shape index (κ2) is 11.2. The molecule has 2 aromatic heterocycles. The Hall–Kier alpha value is -3.70. The van der Waals surface area contributed by atoms with Gasteiger partial charge < -0.3 is 25.7 Å². The number of carbonyl (C=O) groups excluding carboxylic acids is 1. The molecule has 0 radical (unpaired) electrons. The van der Waals surface area contributed by atoms with Gasteiger partial charge in [-0.2, -0.15) is 23.5 Å². The summed E-state index contributed by atoms with van der Waals surface area (Å²) >= 11 is 3.47. The van der Waals surface area contributed by atoms with E-state index in [-0.39, 0.29) is 11.8 Å². The van der Waals surface area contributed by atoms with Crippen LogP contribution in [0.1, 0.15) is 12.6 Å². The average molecular weight is 528 g/mol. The predicted molar refractivity (Wildman–Crippen MR) is 111 cm³/mol. The highest BCUT2D eigenvalue weighted by Crippen LogP contribution is 2.33. The summed E-state index contributed by atoms with van der Waals surface area (Å²) in [5.74, 6) is -1.19. The van der Waals surface area contributed by atoms with E-state index in [1.165, 1.54) is 12.4 Å². The fraction of sp³-hybridized carbons (Fsp3) is 0.211. The number of aromatic nitrogens is 4. The summed E-state index contributed by atoms with van der Waals surface area (Å²) in [4.78, 5) is 16.9. The van der Waals surface area contributed by atoms with Crippen molar-refractivity contribution >= 4 is 33.5 Å². The number of aromatic amines is 1. The zero-order valence-electron chi connectivity index (χ0n) is 17.0. The standard InChI is InChI=1S/C17H16BrN7O.C2HF3O2/c1-10(6-19)26-15-4-11(18)2-3-13(15)14-5-16(25-24-14)23-17-9-21-12(7-20)8-22-17;3-2(4,5)1(6)7/h2-5,8-10H,6,19H2,1H3,(H2,22,23,24,25);(H,6,7)/t10-;/m0./s1. The molecule has 0 fully saturated rings. The Bertz CT molecular complexity index is 1130. The fourth-order valence-electron chi connectivity index (χ4n) is 2.20. The average Bonchev–Trinajstić information content (AvgIpc) is 3.22. The number of alkyl halides is 3. The van der Waals surface area contributed by atoms with Crippen LogP contribution in [0.3, 0.4) is 0 Å². The van der Waals surface area contributed by atoms with Gasteiger partial charge in [-0.25, -0.2) is 9.97 Å². The summed E-state index contributed by atoms with van der Waals surface area (Å²) in [7, 11) is 0. The van der Waals surface area contributed by atoms with Gasteiger partial charge in [-0.3, -0.25) is 5.10 Å². The molecule has 0 saturated heterocycles. The number of carboxylic acid groups (broad SMARTS) is 1. The van der Waals surface area contributed by atoms with Gasteiger partial charge in [0, 0.05) is 16.1 Å². The van der Waals surface area contributed by atoms with Gasteiger partial charge in [-0.05, 0) is 25.1 Å². The molecule has 0 aliphatic heterocycles. The number of benzene rings is 1. The number of nitriles is 1. The van der Waals surface area contributed by atoms with Crippen molar-refractivity contribution in [3.05, 3.63) is 46.8 Å². The van der Waals surface area contributed by atoms with E-state index in [1.54, 1.807) is 0 Å². The van der Waals surface area contributed by atoms with E-state index in [0.717, 1.165) is 21.5 Å². The van der Waals surface area contributed by atoms with Crippen molar-refractivity contribution in [2.75, 3.05) is 11.9 Å². The summed E-state index contributed by atoms with van der Waals surface area (Å²) in [6.45, 7) is 2.64. The monoisotopic (exact) mass is 527 g/mol. The first kappa shape index (κ1) is 25.6. The number of halogens is 4. The molecule has 0 bridgehead atoms. The zero-order valence-corrected chi connectivity index (χ0v) is 18.6. The molecule has 1 atom stereocenters. The lowest BCUT2D eigenvalue weighted by Crippen LogP contribution is -2.56. The molecule has 14 heteroatoms. The third-order valence-corrected chi connectivity index (χ3v) is 4.29. The third-order valence-electron chi connectivity index (χ3n) is 3.80. The Balaban J connectivity index is 0.000000479. The molecule has 0 saturated carbocycles. The molecule has 1 aromatic carbocycles. The molecule has 10 nitrogen and oxygen atoms in total. The van der Waals surface area contributed by atoms with Crippen molar-refractivity contribution in [1.82, 2.24) is 20.2 Å². The molecule has 0 spiro atoms. The van der Waals surface area contributed by atoms with E-state index in [0.29, 0.717) is 18.2 Å². The molecule has 33 heavy (non-hydrogen) atoms. The van der Waals surface area contributed by atoms with E-state index < -0.39 is 12.1 Å². The van der Waals surface area contributed by atoms with Crippen LogP contribution in [0.4, 0.5) is 24.8 Å². The number of aliphatic carboxylic acids is 1. The van der Waals surface area contributed by atoms with Crippen molar-refractivity contribution in [1.29, 1.82) is 5.26 Å². The lowest BCUT2D eigenvalue weighted by molar-refractivity contribution is -0.380. The number of quaternary nitrogens is 1. The number of carboxylic acids is 1. The molecule has 3 rings (SSSR count). The Kier molecular flexibility index (Phi) is 8.71. The smallest absolute Gasteiger partial charge is 0.430 e. The molecule has 0 aliphatic rings. The van der Waals surface area contributed by atoms with Crippen LogP contribution in [0, 0.1) is 11.3 Å². The van der Waals surface area contributed by atoms with Crippen LogP contribution < -0.4 is 20.9 Å². The van der Waals surface area contributed by atoms with E-state index in [1.807, 2.05) is 37.3 Å². The maximum Gasteiger partial charge on any atom is 0.430 e. The summed E-state index contributed by atoms with van der Waals surface area (Å²) in [6, 6.07) is 9.59. The number of hydrogen-bond donors (Lipinski definition) is 3. The molecular formula is C19H17BrF3N7O3. The molecule has 5 N–H and O–H groups in total. The third kappa shape index (κ3) is 7.74. The Labute approximate surface area is 193 Å². The van der Waals surface area contributed by atoms with Gasteiger partial charge in [0.2, 0.25) is 0 Å². The molecule has 174 valence electrons. The quantitative estimate of drug-likeness (QED) is 0.433. The van der Waals surface area contributed by atoms with E-state index in [9.17, 15) is 13.2 Å². The summed E-state index contributed by atoms with van der Waals surface area (Å²) in [6.07, 6.45) is -2.31. The van der Waals surface area contributed by atoms with Crippen molar-refractivity contribution < 1.29 is 33.5 Å². The molecule has 3 aromatic rings. The Morgan fingerprint density at radius 2 is 2.03 bits per heavy atom. The number of rotatable bonds is 6. The van der Waals surface area contributed by atoms with Crippen LogP contribution >= 0.6 is 15.9 Å². The normalized spacial score (nSPS) is 11.5. The number of nitrogens with one attached hydrogen (secondary N) is 2. The van der Waals surface area contributed by atoms with Crippen LogP contribution in [-0.2, 0) is 4.79 Å². The van der Waals surface area contributed by atoms with Crippen LogP contribution in [0.2, 0.25) is 0 Å². The topological polar surface area (TPSA) is 167 Å². The molecule has 0 amide bonds. The lowest BCUT2D eigenvalue weighted by Gasteiger charge is -2.14. The number of carbonyl (C=O) groups is 1. The van der Waals surface area contributed by atoms with Crippen LogP contribution in [-0.4, -0.2) is 45.0 Å². The van der Waals surface area contributed by atoms with Gasteiger partial charge in [-0.1, -0.05) is 15.9 Å². The minimum Gasteiger partial charge on any atom is -0.542 e. The van der Waals surface area contributed by atoms with Crippen LogP contribution in [0.25, 0.3) is 11.3 Å². The van der Waals surface area contributed by atoms with Crippen molar-refractivity contribution in [2.24, 2.45) is 0 Å². The summed E-state index contributed by atoms with van der Waals surface area (Å²) in [5.41, 5.74) is 5.82. The van der Waals surface area contributed by atoms with Crippen molar-refractivity contribution in [3.63, 3.8) is 0 Å². The van der Waals surface area contributed by atoms with E-state index in [4.69, 9.17) is 19.9 Å². The van der Waals surface area contributed by atoms with Crippen LogP contribution in [0.5, 0.6) is 5.75 Å². The van der Waals surface area contributed by atoms with Gasteiger partial charge >= 0.3 is 6.18 Å². The Morgan fingerprint density at radius 1 is 1.33 bits per heavy atom. The maximum atomic E-state index is 10.5. The minimum atomic E-state index is -5.19. The van der Waals surface area contributed by atoms with Gasteiger partial charge in [0.15, 0.2) is 11.5 Å². The second-order valence-corrected chi connectivity index (χ2v) is 7.25. The maximum absolute atomic E-state index is 10.5. The fourth-order valence-corrected chi connectivity index (χ4v) is 2.54. The first-order valence-electron chi connectivity index (χ1n) is 9.12. The highest BCUT2D eigenvalue weighted by atomic mass is 79.9. The molecule has 0 aliphatic carbocycles. The van der Waals surface area contributed by atoms with Crippen molar-refractivity contribution in [2.45, 2.75) is 19.2 Å². The van der Waals surface area contributed by atoms with Crippen LogP contribution in [0.15, 0.2) is 41.1 Å². The number of H-pyrrole nitrogens is 1. The number of anilines is 2. The highest BCUT2D eigenvalue weighted by molar-refractivity contribution is 9.10. The van der Waals surface area contributed by atoms with Gasteiger partial charge in [-0.15, -0.1) is 0 Å². The SMILES string of the molecule is C[C@@H](C[NH3+])Oc1cc(Br)ccc1-c1cc(Nc2cnc(C#N)cn2)n[nH]1.O=C([O-])C(F)(F)F. The first-order chi connectivity index (χ1) is 15.5. The van der Waals surface area contributed by atoms with Gasteiger partial charge in [0.05, 0.1) is 18.1 Å². The summed E-state index contributed by atoms with van der Waals surface area (Å²) < 4.78 is 38.4. The van der Waals surface area contributed by atoms with E-state index >= 15 is 0 Å². The molecule has 0 unspecified atom stereocenters. The predicted octanol–water partition coefficient (Wildman–Crippen LogP) is 1.55. The van der Waals surface area contributed by atoms with Gasteiger partial charge in [0.1, 0.15) is 36.3 Å². The largest absolute Gasteiger partial charge is 0.542 e. The molecule has 2 heterocycles. The number of hydrogen-bond acceptors (Lipinski definition) is 8. The van der Waals surface area contributed by atoms with E-state index in [2.05, 4.69) is 47.1 Å². The number of ether oxygens (including phenoxy) is 1. The Morgan fingerprint density at radius 3 is 2.58 bits per heavy atom. The van der Waals surface area contributed by atoms with Gasteiger partial charge in [0.25, 0.3) is 0 Å². The number of nitrogens with zero attached hydrogens (tertiary/aromatic N) is 4.